The standard InChI is InChI=1S/C14H19NO4/c1-8-6-10(12(19-3)7-11(8)18-2)14(15,13(16)17)9-4-5-9/h6-7,9H,4-5,15H2,1-3H3,(H,16,17). The maximum atomic E-state index is 11.6. The Labute approximate surface area is 112 Å². The zero-order valence-electron chi connectivity index (χ0n) is 11.4. The maximum absolute atomic E-state index is 11.6. The van der Waals surface area contributed by atoms with Crippen LogP contribution in [0.2, 0.25) is 0 Å². The summed E-state index contributed by atoms with van der Waals surface area (Å²) in [5.74, 6) is 0.0629. The number of hydrogen-bond acceptors (Lipinski definition) is 4. The minimum atomic E-state index is -1.39. The van der Waals surface area contributed by atoms with Crippen LogP contribution in [0.3, 0.4) is 0 Å². The second-order valence-electron chi connectivity index (χ2n) is 4.97. The van der Waals surface area contributed by atoms with Crippen LogP contribution in [-0.2, 0) is 10.3 Å². The molecule has 1 aliphatic carbocycles. The third-order valence-corrected chi connectivity index (χ3v) is 3.74. The number of aliphatic carboxylic acids is 1. The summed E-state index contributed by atoms with van der Waals surface area (Å²) in [6.45, 7) is 1.86. The third kappa shape index (κ3) is 2.14. The Bertz CT molecular complexity index is 510. The van der Waals surface area contributed by atoms with Crippen LogP contribution in [0.25, 0.3) is 0 Å². The Morgan fingerprint density at radius 2 is 1.89 bits per heavy atom. The van der Waals surface area contributed by atoms with Crippen molar-refractivity contribution in [3.8, 4) is 11.5 Å². The van der Waals surface area contributed by atoms with Gasteiger partial charge in [0.25, 0.3) is 0 Å². The van der Waals surface area contributed by atoms with E-state index in [0.717, 1.165) is 18.4 Å². The maximum Gasteiger partial charge on any atom is 0.328 e. The minimum Gasteiger partial charge on any atom is -0.496 e. The van der Waals surface area contributed by atoms with Crippen LogP contribution in [0.4, 0.5) is 0 Å². The van der Waals surface area contributed by atoms with Gasteiger partial charge < -0.3 is 20.3 Å². The summed E-state index contributed by atoms with van der Waals surface area (Å²) in [6.07, 6.45) is 1.66. The van der Waals surface area contributed by atoms with E-state index in [2.05, 4.69) is 0 Å². The van der Waals surface area contributed by atoms with E-state index in [1.165, 1.54) is 7.11 Å². The lowest BCUT2D eigenvalue weighted by Crippen LogP contribution is -2.47. The average Bonchev–Trinajstić information content (AvgIpc) is 3.21. The van der Waals surface area contributed by atoms with E-state index >= 15 is 0 Å². The highest BCUT2D eigenvalue weighted by atomic mass is 16.5. The van der Waals surface area contributed by atoms with Crippen LogP contribution in [-0.4, -0.2) is 25.3 Å². The Kier molecular flexibility index (Phi) is 3.41. The molecule has 0 heterocycles. The lowest BCUT2D eigenvalue weighted by Gasteiger charge is -2.27. The number of hydrogen-bond donors (Lipinski definition) is 2. The predicted octanol–water partition coefficient (Wildman–Crippen LogP) is 1.66. The number of methoxy groups -OCH3 is 2. The van der Waals surface area contributed by atoms with E-state index in [-0.39, 0.29) is 5.92 Å². The van der Waals surface area contributed by atoms with Crippen LogP contribution in [0.5, 0.6) is 11.5 Å². The van der Waals surface area contributed by atoms with Crippen molar-refractivity contribution < 1.29 is 19.4 Å². The van der Waals surface area contributed by atoms with Gasteiger partial charge in [-0.25, -0.2) is 4.79 Å². The molecule has 0 aromatic heterocycles. The fourth-order valence-electron chi connectivity index (χ4n) is 2.43. The lowest BCUT2D eigenvalue weighted by molar-refractivity contribution is -0.144. The molecule has 0 radical (unpaired) electrons. The number of carboxylic acid groups (broad SMARTS) is 1. The molecular formula is C14H19NO4. The molecule has 0 aliphatic heterocycles. The first kappa shape index (κ1) is 13.7. The largest absolute Gasteiger partial charge is 0.496 e. The van der Waals surface area contributed by atoms with Gasteiger partial charge in [-0.2, -0.15) is 0 Å². The van der Waals surface area contributed by atoms with Crippen LogP contribution < -0.4 is 15.2 Å². The van der Waals surface area contributed by atoms with Crippen molar-refractivity contribution in [3.63, 3.8) is 0 Å². The molecule has 1 aliphatic rings. The van der Waals surface area contributed by atoms with Gasteiger partial charge in [-0.15, -0.1) is 0 Å². The fourth-order valence-corrected chi connectivity index (χ4v) is 2.43. The molecule has 5 heteroatoms. The minimum absolute atomic E-state index is 0.0355. The van der Waals surface area contributed by atoms with Crippen molar-refractivity contribution in [2.24, 2.45) is 11.7 Å². The summed E-state index contributed by atoms with van der Waals surface area (Å²) >= 11 is 0. The van der Waals surface area contributed by atoms with Gasteiger partial charge in [-0.1, -0.05) is 0 Å². The zero-order chi connectivity index (χ0) is 14.2. The van der Waals surface area contributed by atoms with E-state index in [1.807, 2.05) is 6.92 Å². The van der Waals surface area contributed by atoms with Gasteiger partial charge in [0, 0.05) is 11.6 Å². The second-order valence-corrected chi connectivity index (χ2v) is 4.97. The monoisotopic (exact) mass is 265 g/mol. The normalized spacial score (nSPS) is 17.7. The molecule has 1 aromatic rings. The second kappa shape index (κ2) is 4.74. The summed E-state index contributed by atoms with van der Waals surface area (Å²) < 4.78 is 10.5. The van der Waals surface area contributed by atoms with E-state index in [4.69, 9.17) is 15.2 Å². The highest BCUT2D eigenvalue weighted by Crippen LogP contribution is 2.47. The Morgan fingerprint density at radius 1 is 1.32 bits per heavy atom. The van der Waals surface area contributed by atoms with Gasteiger partial charge in [-0.05, 0) is 37.3 Å². The molecule has 5 nitrogen and oxygen atoms in total. The molecule has 1 aromatic carbocycles. The van der Waals surface area contributed by atoms with Gasteiger partial charge in [0.15, 0.2) is 0 Å². The average molecular weight is 265 g/mol. The van der Waals surface area contributed by atoms with Crippen molar-refractivity contribution in [3.05, 3.63) is 23.3 Å². The first-order valence-electron chi connectivity index (χ1n) is 6.20. The molecule has 104 valence electrons. The van der Waals surface area contributed by atoms with Gasteiger partial charge in [0.1, 0.15) is 17.0 Å². The third-order valence-electron chi connectivity index (χ3n) is 3.74. The number of aryl methyl sites for hydroxylation is 1. The summed E-state index contributed by atoms with van der Waals surface area (Å²) in [6, 6.07) is 3.45. The highest BCUT2D eigenvalue weighted by Gasteiger charge is 2.51. The molecule has 0 bridgehead atoms. The van der Waals surface area contributed by atoms with Crippen LogP contribution in [0, 0.1) is 12.8 Å². The Hall–Kier alpha value is -1.75. The van der Waals surface area contributed by atoms with Crippen molar-refractivity contribution >= 4 is 5.97 Å². The number of ether oxygens (including phenoxy) is 2. The fraction of sp³-hybridized carbons (Fsp3) is 0.500. The SMILES string of the molecule is COc1cc(OC)c(C(N)(C(=O)O)C2CC2)cc1C. The van der Waals surface area contributed by atoms with E-state index in [0.29, 0.717) is 17.1 Å². The smallest absolute Gasteiger partial charge is 0.328 e. The van der Waals surface area contributed by atoms with Crippen molar-refractivity contribution in [1.29, 1.82) is 0 Å². The number of carboxylic acids is 1. The van der Waals surface area contributed by atoms with Gasteiger partial charge in [0.05, 0.1) is 14.2 Å². The van der Waals surface area contributed by atoms with Crippen molar-refractivity contribution in [2.75, 3.05) is 14.2 Å². The molecule has 19 heavy (non-hydrogen) atoms. The summed E-state index contributed by atoms with van der Waals surface area (Å²) in [4.78, 5) is 11.6. The summed E-state index contributed by atoms with van der Waals surface area (Å²) in [5, 5.41) is 9.52. The Balaban J connectivity index is 2.59. The number of benzene rings is 1. The van der Waals surface area contributed by atoms with Gasteiger partial charge in [-0.3, -0.25) is 0 Å². The van der Waals surface area contributed by atoms with E-state index in [9.17, 15) is 9.90 Å². The first-order valence-corrected chi connectivity index (χ1v) is 6.20. The highest BCUT2D eigenvalue weighted by molar-refractivity contribution is 5.83. The van der Waals surface area contributed by atoms with Crippen LogP contribution >= 0.6 is 0 Å². The quantitative estimate of drug-likeness (QED) is 0.846. The van der Waals surface area contributed by atoms with Gasteiger partial charge >= 0.3 is 5.97 Å². The molecule has 1 unspecified atom stereocenters. The zero-order valence-corrected chi connectivity index (χ0v) is 11.4. The number of rotatable bonds is 5. The molecule has 3 N–H and O–H groups in total. The van der Waals surface area contributed by atoms with Crippen LogP contribution in [0.1, 0.15) is 24.0 Å². The summed E-state index contributed by atoms with van der Waals surface area (Å²) in [7, 11) is 3.07. The van der Waals surface area contributed by atoms with Crippen molar-refractivity contribution in [1.82, 2.24) is 0 Å². The first-order chi connectivity index (χ1) is 8.94. The molecule has 0 saturated heterocycles. The molecular weight excluding hydrogens is 246 g/mol. The Morgan fingerprint density at radius 3 is 2.32 bits per heavy atom. The van der Waals surface area contributed by atoms with Crippen LogP contribution in [0.15, 0.2) is 12.1 Å². The lowest BCUT2D eigenvalue weighted by atomic mass is 9.84. The van der Waals surface area contributed by atoms with Gasteiger partial charge in [0.2, 0.25) is 0 Å². The molecule has 1 fully saturated rings. The number of nitrogens with two attached hydrogens (primary N) is 1. The summed E-state index contributed by atoms with van der Waals surface area (Å²) in [5.41, 5.74) is 6.16. The van der Waals surface area contributed by atoms with E-state index in [1.54, 1.807) is 19.2 Å². The molecule has 1 atom stereocenters. The predicted molar refractivity (Wildman–Crippen MR) is 70.5 cm³/mol. The van der Waals surface area contributed by atoms with E-state index < -0.39 is 11.5 Å². The topological polar surface area (TPSA) is 81.8 Å². The van der Waals surface area contributed by atoms with Crippen molar-refractivity contribution in [2.45, 2.75) is 25.3 Å². The molecule has 1 saturated carbocycles. The molecule has 0 spiro atoms. The number of carbonyl (C=O) groups is 1. The molecule has 2 rings (SSSR count). The molecule has 0 amide bonds.